The molecule has 8 nitrogen and oxygen atoms in total. The van der Waals surface area contributed by atoms with E-state index in [4.69, 9.17) is 4.74 Å². The molecule has 1 fully saturated rings. The Kier molecular flexibility index (Phi) is 5.85. The Hall–Kier alpha value is -2.75. The lowest BCUT2D eigenvalue weighted by atomic mass is 10.1. The van der Waals surface area contributed by atoms with Gasteiger partial charge in [0.2, 0.25) is 21.8 Å². The zero-order valence-electron chi connectivity index (χ0n) is 16.4. The number of nitrogens with zero attached hydrogens (tertiary/aromatic N) is 2. The Balaban J connectivity index is 1.41. The molecule has 0 spiro atoms. The maximum atomic E-state index is 12.7. The maximum absolute atomic E-state index is 12.7. The van der Waals surface area contributed by atoms with Crippen molar-refractivity contribution in [2.75, 3.05) is 43.1 Å². The van der Waals surface area contributed by atoms with Gasteiger partial charge in [-0.1, -0.05) is 24.3 Å². The Bertz CT molecular complexity index is 1050. The highest BCUT2D eigenvalue weighted by Gasteiger charge is 2.27. The monoisotopic (exact) mass is 429 g/mol. The lowest BCUT2D eigenvalue weighted by molar-refractivity contribution is -0.121. The number of rotatable bonds is 5. The molecule has 0 aliphatic carbocycles. The highest BCUT2D eigenvalue weighted by Crippen LogP contribution is 2.29. The van der Waals surface area contributed by atoms with E-state index < -0.39 is 10.0 Å². The van der Waals surface area contributed by atoms with Gasteiger partial charge in [-0.3, -0.25) is 9.59 Å². The molecule has 0 saturated carbocycles. The first kappa shape index (κ1) is 20.5. The van der Waals surface area contributed by atoms with E-state index in [1.165, 1.54) is 9.21 Å². The van der Waals surface area contributed by atoms with E-state index in [0.29, 0.717) is 44.1 Å². The Morgan fingerprint density at radius 3 is 2.47 bits per heavy atom. The van der Waals surface area contributed by atoms with Crippen LogP contribution in [0.1, 0.15) is 12.0 Å². The number of sulfonamides is 1. The average molecular weight is 429 g/mol. The molecule has 2 aliphatic rings. The van der Waals surface area contributed by atoms with E-state index in [-0.39, 0.29) is 29.7 Å². The molecule has 2 aromatic carbocycles. The Morgan fingerprint density at radius 1 is 1.03 bits per heavy atom. The zero-order chi connectivity index (χ0) is 21.1. The minimum atomic E-state index is -3.53. The van der Waals surface area contributed by atoms with Gasteiger partial charge in [-0.25, -0.2) is 8.42 Å². The molecule has 4 rings (SSSR count). The summed E-state index contributed by atoms with van der Waals surface area (Å²) in [5.74, 6) is -0.373. The molecule has 0 bridgehead atoms. The first-order valence-corrected chi connectivity index (χ1v) is 11.3. The quantitative estimate of drug-likeness (QED) is 0.779. The smallest absolute Gasteiger partial charge is 0.244 e. The Morgan fingerprint density at radius 2 is 1.73 bits per heavy atom. The number of nitrogens with one attached hydrogen (secondary N) is 1. The molecule has 0 unspecified atom stereocenters. The highest BCUT2D eigenvalue weighted by atomic mass is 32.2. The van der Waals surface area contributed by atoms with Crippen molar-refractivity contribution in [3.8, 4) is 0 Å². The van der Waals surface area contributed by atoms with Crippen molar-refractivity contribution in [1.29, 1.82) is 0 Å². The van der Waals surface area contributed by atoms with E-state index >= 15 is 0 Å². The van der Waals surface area contributed by atoms with Crippen molar-refractivity contribution in [3.05, 3.63) is 54.1 Å². The molecular formula is C21H23N3O5S. The first-order chi connectivity index (χ1) is 14.4. The van der Waals surface area contributed by atoms with Gasteiger partial charge < -0.3 is 15.0 Å². The number of para-hydroxylation sites is 2. The van der Waals surface area contributed by atoms with E-state index in [0.717, 1.165) is 5.56 Å². The van der Waals surface area contributed by atoms with E-state index in [2.05, 4.69) is 5.32 Å². The number of fused-ring (bicyclic) bond motifs is 1. The summed E-state index contributed by atoms with van der Waals surface area (Å²) >= 11 is 0. The molecule has 2 heterocycles. The molecule has 2 aromatic rings. The van der Waals surface area contributed by atoms with Crippen molar-refractivity contribution in [2.24, 2.45) is 0 Å². The van der Waals surface area contributed by atoms with Crippen LogP contribution < -0.4 is 10.2 Å². The lowest BCUT2D eigenvalue weighted by Crippen LogP contribution is -2.42. The molecule has 0 atom stereocenters. The van der Waals surface area contributed by atoms with Gasteiger partial charge in [0.25, 0.3) is 0 Å². The third-order valence-electron chi connectivity index (χ3n) is 5.23. The number of morpholine rings is 1. The van der Waals surface area contributed by atoms with E-state index in [9.17, 15) is 18.0 Å². The minimum absolute atomic E-state index is 0.00736. The summed E-state index contributed by atoms with van der Waals surface area (Å²) in [5, 5.41) is 2.76. The van der Waals surface area contributed by atoms with Crippen molar-refractivity contribution < 1.29 is 22.7 Å². The molecule has 1 saturated heterocycles. The number of amides is 2. The molecule has 30 heavy (non-hydrogen) atoms. The second-order valence-electron chi connectivity index (χ2n) is 7.21. The third kappa shape index (κ3) is 4.23. The van der Waals surface area contributed by atoms with Crippen LogP contribution in [0.5, 0.6) is 0 Å². The van der Waals surface area contributed by atoms with Crippen molar-refractivity contribution >= 4 is 33.2 Å². The summed E-state index contributed by atoms with van der Waals surface area (Å²) in [6, 6.07) is 13.8. The van der Waals surface area contributed by atoms with Gasteiger partial charge in [0, 0.05) is 19.5 Å². The number of carbonyl (C=O) groups excluding carboxylic acids is 2. The van der Waals surface area contributed by atoms with Gasteiger partial charge in [-0.2, -0.15) is 4.31 Å². The molecule has 2 amide bonds. The van der Waals surface area contributed by atoms with Crippen molar-refractivity contribution in [1.82, 2.24) is 4.31 Å². The molecule has 9 heteroatoms. The van der Waals surface area contributed by atoms with Crippen LogP contribution in [0.4, 0.5) is 11.4 Å². The van der Waals surface area contributed by atoms with Crippen LogP contribution in [0.3, 0.4) is 0 Å². The third-order valence-corrected chi connectivity index (χ3v) is 7.14. The number of aryl methyl sites for hydroxylation is 1. The van der Waals surface area contributed by atoms with Crippen LogP contribution in [-0.4, -0.2) is 57.4 Å². The highest BCUT2D eigenvalue weighted by molar-refractivity contribution is 7.89. The molecule has 0 aromatic heterocycles. The predicted octanol–water partition coefficient (Wildman–Crippen LogP) is 1.63. The maximum Gasteiger partial charge on any atom is 0.244 e. The van der Waals surface area contributed by atoms with Gasteiger partial charge in [-0.15, -0.1) is 0 Å². The van der Waals surface area contributed by atoms with Crippen LogP contribution in [-0.2, 0) is 30.8 Å². The second-order valence-corrected chi connectivity index (χ2v) is 9.14. The summed E-state index contributed by atoms with van der Waals surface area (Å²) in [4.78, 5) is 26.4. The van der Waals surface area contributed by atoms with Gasteiger partial charge >= 0.3 is 0 Å². The van der Waals surface area contributed by atoms with Crippen LogP contribution in [0.15, 0.2) is 53.4 Å². The van der Waals surface area contributed by atoms with Crippen LogP contribution in [0, 0.1) is 0 Å². The zero-order valence-corrected chi connectivity index (χ0v) is 17.2. The van der Waals surface area contributed by atoms with Crippen LogP contribution in [0.25, 0.3) is 0 Å². The van der Waals surface area contributed by atoms with E-state index in [1.807, 2.05) is 6.07 Å². The molecule has 0 radical (unpaired) electrons. The van der Waals surface area contributed by atoms with Gasteiger partial charge in [0.15, 0.2) is 0 Å². The number of hydrogen-bond donors (Lipinski definition) is 1. The van der Waals surface area contributed by atoms with Crippen molar-refractivity contribution in [2.45, 2.75) is 17.7 Å². The summed E-state index contributed by atoms with van der Waals surface area (Å²) in [6.45, 7) is 1.49. The molecule has 2 aliphatic heterocycles. The molecule has 1 N–H and O–H groups in total. The average Bonchev–Trinajstić information content (AvgIpc) is 2.77. The number of hydrogen-bond acceptors (Lipinski definition) is 5. The largest absolute Gasteiger partial charge is 0.379 e. The summed E-state index contributed by atoms with van der Waals surface area (Å²) in [7, 11) is -3.53. The number of anilines is 2. The Labute approximate surface area is 175 Å². The summed E-state index contributed by atoms with van der Waals surface area (Å²) < 4.78 is 32.0. The van der Waals surface area contributed by atoms with Crippen LogP contribution in [0.2, 0.25) is 0 Å². The fourth-order valence-electron chi connectivity index (χ4n) is 3.61. The first-order valence-electron chi connectivity index (χ1n) is 9.81. The van der Waals surface area contributed by atoms with Crippen molar-refractivity contribution in [3.63, 3.8) is 0 Å². The predicted molar refractivity (Wildman–Crippen MR) is 112 cm³/mol. The molecular weight excluding hydrogens is 406 g/mol. The normalized spacial score (nSPS) is 17.3. The SMILES string of the molecule is O=C1CN(C(=O)CCc2ccc(S(=O)(=O)N3CCOCC3)cc2)c2ccccc2N1. The fourth-order valence-corrected chi connectivity index (χ4v) is 5.01. The topological polar surface area (TPSA) is 96.0 Å². The lowest BCUT2D eigenvalue weighted by Gasteiger charge is -2.29. The van der Waals surface area contributed by atoms with E-state index in [1.54, 1.807) is 42.5 Å². The van der Waals surface area contributed by atoms with Gasteiger partial charge in [0.1, 0.15) is 6.54 Å². The number of ether oxygens (including phenoxy) is 1. The summed E-state index contributed by atoms with van der Waals surface area (Å²) in [6.07, 6.45) is 0.675. The van der Waals surface area contributed by atoms with Gasteiger partial charge in [-0.05, 0) is 36.2 Å². The minimum Gasteiger partial charge on any atom is -0.379 e. The van der Waals surface area contributed by atoms with Crippen LogP contribution >= 0.6 is 0 Å². The number of benzene rings is 2. The standard InChI is InChI=1S/C21H23N3O5S/c25-20-15-24(19-4-2-1-3-18(19)22-20)21(26)10-7-16-5-8-17(9-6-16)30(27,28)23-11-13-29-14-12-23/h1-6,8-9H,7,10-15H2,(H,22,25). The second kappa shape index (κ2) is 8.55. The number of carbonyl (C=O) groups is 2. The summed E-state index contributed by atoms with van der Waals surface area (Å²) in [5.41, 5.74) is 2.17. The molecule has 158 valence electrons. The fraction of sp³-hybridized carbons (Fsp3) is 0.333. The van der Waals surface area contributed by atoms with Gasteiger partial charge in [0.05, 0.1) is 29.5 Å².